The van der Waals surface area contributed by atoms with Gasteiger partial charge in [0, 0.05) is 11.6 Å². The standard InChI is InChI=1S/C11H12FNO5/c12-9-10(16)5(6(13)4-8(14)15)3-7-11(9)18-2-1-17-7/h3,6,16H,1-2,4,13H2,(H,14,15). The third-order valence-electron chi connectivity index (χ3n) is 2.57. The molecule has 4 N–H and O–H groups in total. The van der Waals surface area contributed by atoms with E-state index in [1.165, 1.54) is 6.07 Å². The Balaban J connectivity index is 2.42. The predicted octanol–water partition coefficient (Wildman–Crippen LogP) is 0.777. The van der Waals surface area contributed by atoms with E-state index >= 15 is 0 Å². The smallest absolute Gasteiger partial charge is 0.305 e. The van der Waals surface area contributed by atoms with Crippen molar-refractivity contribution in [3.63, 3.8) is 0 Å². The third kappa shape index (κ3) is 2.17. The van der Waals surface area contributed by atoms with Crippen LogP contribution in [0, 0.1) is 5.82 Å². The summed E-state index contributed by atoms with van der Waals surface area (Å²) < 4.78 is 24.0. The summed E-state index contributed by atoms with van der Waals surface area (Å²) >= 11 is 0. The highest BCUT2D eigenvalue weighted by molar-refractivity contribution is 5.68. The van der Waals surface area contributed by atoms with Crippen LogP contribution in [0.15, 0.2) is 6.07 Å². The number of phenols is 1. The molecular formula is C11H12FNO5. The number of aromatic hydroxyl groups is 1. The van der Waals surface area contributed by atoms with Crippen molar-refractivity contribution in [1.29, 1.82) is 0 Å². The molecule has 0 saturated heterocycles. The normalized spacial score (nSPS) is 15.2. The number of rotatable bonds is 3. The molecule has 0 aliphatic carbocycles. The molecule has 1 aromatic carbocycles. The van der Waals surface area contributed by atoms with Crippen LogP contribution in [0.5, 0.6) is 17.2 Å². The summed E-state index contributed by atoms with van der Waals surface area (Å²) in [6, 6.07) is 0.286. The maximum atomic E-state index is 13.8. The van der Waals surface area contributed by atoms with Gasteiger partial charge in [0.1, 0.15) is 13.2 Å². The van der Waals surface area contributed by atoms with Gasteiger partial charge in [0.2, 0.25) is 11.6 Å². The van der Waals surface area contributed by atoms with Crippen molar-refractivity contribution in [3.8, 4) is 17.2 Å². The Labute approximate surface area is 102 Å². The first-order valence-electron chi connectivity index (χ1n) is 5.29. The van der Waals surface area contributed by atoms with Crippen molar-refractivity contribution >= 4 is 5.97 Å². The lowest BCUT2D eigenvalue weighted by Crippen LogP contribution is -2.19. The Hall–Kier alpha value is -2.02. The predicted molar refractivity (Wildman–Crippen MR) is 58.2 cm³/mol. The molecule has 0 radical (unpaired) electrons. The molecule has 0 bridgehead atoms. The van der Waals surface area contributed by atoms with Crippen molar-refractivity contribution in [2.24, 2.45) is 5.73 Å². The van der Waals surface area contributed by atoms with Gasteiger partial charge in [-0.05, 0) is 6.07 Å². The molecule has 0 saturated carbocycles. The molecule has 1 aliphatic heterocycles. The van der Waals surface area contributed by atoms with E-state index in [0.29, 0.717) is 0 Å². The van der Waals surface area contributed by atoms with Crippen molar-refractivity contribution in [3.05, 3.63) is 17.4 Å². The second kappa shape index (κ2) is 4.69. The molecule has 18 heavy (non-hydrogen) atoms. The molecule has 0 aromatic heterocycles. The lowest BCUT2D eigenvalue weighted by atomic mass is 10.0. The summed E-state index contributed by atoms with van der Waals surface area (Å²) in [5.74, 6) is -2.88. The number of carboxylic acid groups (broad SMARTS) is 1. The van der Waals surface area contributed by atoms with Crippen molar-refractivity contribution in [2.45, 2.75) is 12.5 Å². The Kier molecular flexibility index (Phi) is 3.24. The zero-order valence-electron chi connectivity index (χ0n) is 9.35. The van der Waals surface area contributed by atoms with Gasteiger partial charge in [-0.3, -0.25) is 4.79 Å². The van der Waals surface area contributed by atoms with Gasteiger partial charge < -0.3 is 25.4 Å². The second-order valence-electron chi connectivity index (χ2n) is 3.86. The number of carboxylic acids is 1. The summed E-state index contributed by atoms with van der Waals surface area (Å²) in [6.07, 6.45) is -0.424. The highest BCUT2D eigenvalue weighted by Crippen LogP contribution is 2.42. The van der Waals surface area contributed by atoms with Crippen LogP contribution in [0.4, 0.5) is 4.39 Å². The van der Waals surface area contributed by atoms with Gasteiger partial charge in [0.25, 0.3) is 0 Å². The molecule has 1 aromatic rings. The molecule has 2 rings (SSSR count). The van der Waals surface area contributed by atoms with Crippen LogP contribution in [-0.4, -0.2) is 29.4 Å². The fourth-order valence-corrected chi connectivity index (χ4v) is 1.74. The molecule has 0 fully saturated rings. The summed E-state index contributed by atoms with van der Waals surface area (Å²) in [5, 5.41) is 18.3. The molecule has 1 unspecified atom stereocenters. The van der Waals surface area contributed by atoms with E-state index in [2.05, 4.69) is 0 Å². The van der Waals surface area contributed by atoms with Crippen LogP contribution in [0.2, 0.25) is 0 Å². The van der Waals surface area contributed by atoms with E-state index in [-0.39, 0.29) is 30.3 Å². The van der Waals surface area contributed by atoms with Gasteiger partial charge in [0.15, 0.2) is 11.5 Å². The monoisotopic (exact) mass is 257 g/mol. The minimum absolute atomic E-state index is 0.0147. The molecule has 98 valence electrons. The van der Waals surface area contributed by atoms with Crippen molar-refractivity contribution in [1.82, 2.24) is 0 Å². The summed E-state index contributed by atoms with van der Waals surface area (Å²) in [6.45, 7) is 0.439. The maximum absolute atomic E-state index is 13.8. The lowest BCUT2D eigenvalue weighted by Gasteiger charge is -2.22. The summed E-state index contributed by atoms with van der Waals surface area (Å²) in [4.78, 5) is 10.6. The highest BCUT2D eigenvalue weighted by atomic mass is 19.1. The van der Waals surface area contributed by atoms with Gasteiger partial charge in [0.05, 0.1) is 6.42 Å². The largest absolute Gasteiger partial charge is 0.504 e. The van der Waals surface area contributed by atoms with E-state index in [1.807, 2.05) is 0 Å². The molecule has 1 aliphatic rings. The van der Waals surface area contributed by atoms with Crippen LogP contribution >= 0.6 is 0 Å². The first-order chi connectivity index (χ1) is 8.50. The maximum Gasteiger partial charge on any atom is 0.305 e. The minimum atomic E-state index is -1.14. The van der Waals surface area contributed by atoms with Gasteiger partial charge in [-0.1, -0.05) is 0 Å². The molecule has 0 spiro atoms. The number of hydrogen-bond donors (Lipinski definition) is 3. The van der Waals surface area contributed by atoms with Gasteiger partial charge in [-0.25, -0.2) is 0 Å². The van der Waals surface area contributed by atoms with Crippen LogP contribution in [0.3, 0.4) is 0 Å². The van der Waals surface area contributed by atoms with E-state index < -0.39 is 30.0 Å². The fourth-order valence-electron chi connectivity index (χ4n) is 1.74. The van der Waals surface area contributed by atoms with Crippen molar-refractivity contribution < 1.29 is 28.9 Å². The SMILES string of the molecule is NC(CC(=O)O)c1cc2c(c(F)c1O)OCCO2. The highest BCUT2D eigenvalue weighted by Gasteiger charge is 2.26. The van der Waals surface area contributed by atoms with Gasteiger partial charge in [-0.15, -0.1) is 0 Å². The Morgan fingerprint density at radius 3 is 2.83 bits per heavy atom. The zero-order chi connectivity index (χ0) is 13.3. The molecule has 1 atom stereocenters. The average Bonchev–Trinajstić information content (AvgIpc) is 2.33. The number of aliphatic carboxylic acids is 1. The molecule has 7 heteroatoms. The van der Waals surface area contributed by atoms with Crippen LogP contribution in [0.25, 0.3) is 0 Å². The van der Waals surface area contributed by atoms with E-state index in [1.54, 1.807) is 0 Å². The minimum Gasteiger partial charge on any atom is -0.504 e. The first-order valence-corrected chi connectivity index (χ1v) is 5.29. The Morgan fingerprint density at radius 2 is 2.17 bits per heavy atom. The number of fused-ring (bicyclic) bond motifs is 1. The number of ether oxygens (including phenoxy) is 2. The van der Waals surface area contributed by atoms with Crippen LogP contribution < -0.4 is 15.2 Å². The number of phenolic OH excluding ortho intramolecular Hbond substituents is 1. The number of carbonyl (C=O) groups is 1. The number of hydrogen-bond acceptors (Lipinski definition) is 5. The second-order valence-corrected chi connectivity index (χ2v) is 3.86. The summed E-state index contributed by atoms with van der Waals surface area (Å²) in [5.41, 5.74) is 5.58. The number of benzene rings is 1. The topological polar surface area (TPSA) is 102 Å². The first kappa shape index (κ1) is 12.4. The lowest BCUT2D eigenvalue weighted by molar-refractivity contribution is -0.137. The Morgan fingerprint density at radius 1 is 1.50 bits per heavy atom. The van der Waals surface area contributed by atoms with Crippen LogP contribution in [0.1, 0.15) is 18.0 Å². The number of nitrogens with two attached hydrogens (primary N) is 1. The molecular weight excluding hydrogens is 245 g/mol. The van der Waals surface area contributed by atoms with E-state index in [0.717, 1.165) is 0 Å². The molecule has 1 heterocycles. The zero-order valence-corrected chi connectivity index (χ0v) is 9.35. The summed E-state index contributed by atoms with van der Waals surface area (Å²) in [7, 11) is 0. The van der Waals surface area contributed by atoms with Gasteiger partial charge in [-0.2, -0.15) is 4.39 Å². The van der Waals surface area contributed by atoms with Crippen molar-refractivity contribution in [2.75, 3.05) is 13.2 Å². The van der Waals surface area contributed by atoms with E-state index in [4.69, 9.17) is 20.3 Å². The molecule has 6 nitrogen and oxygen atoms in total. The van der Waals surface area contributed by atoms with Gasteiger partial charge >= 0.3 is 5.97 Å². The van der Waals surface area contributed by atoms with E-state index in [9.17, 15) is 14.3 Å². The Bertz CT molecular complexity index is 491. The van der Waals surface area contributed by atoms with Crippen LogP contribution in [-0.2, 0) is 4.79 Å². The average molecular weight is 257 g/mol. The molecule has 0 amide bonds. The fraction of sp³-hybridized carbons (Fsp3) is 0.364. The quantitative estimate of drug-likeness (QED) is 0.739. The number of halogens is 1. The third-order valence-corrected chi connectivity index (χ3v) is 2.57.